The van der Waals surface area contributed by atoms with E-state index in [1.165, 1.54) is 12.1 Å². The minimum atomic E-state index is -0.412. The molecule has 0 aliphatic heterocycles. The Morgan fingerprint density at radius 2 is 1.75 bits per heavy atom. The molecule has 0 fully saturated rings. The van der Waals surface area contributed by atoms with Gasteiger partial charge in [0.15, 0.2) is 5.78 Å². The molecule has 2 aromatic carbocycles. The number of ketones is 1. The normalized spacial score (nSPS) is 17.1. The zero-order valence-corrected chi connectivity index (χ0v) is 11.0. The quantitative estimate of drug-likeness (QED) is 0.616. The number of rotatable bonds is 2. The van der Waals surface area contributed by atoms with Gasteiger partial charge in [-0.05, 0) is 35.2 Å². The van der Waals surface area contributed by atoms with Gasteiger partial charge in [0.1, 0.15) is 0 Å². The Labute approximate surface area is 116 Å². The van der Waals surface area contributed by atoms with Gasteiger partial charge < -0.3 is 0 Å². The summed E-state index contributed by atoms with van der Waals surface area (Å²) in [6, 6.07) is 12.2. The molecule has 1 aliphatic carbocycles. The number of nitrogens with zero attached hydrogens (tertiary/aromatic N) is 1. The van der Waals surface area contributed by atoms with Crippen molar-refractivity contribution in [1.82, 2.24) is 0 Å². The van der Waals surface area contributed by atoms with E-state index in [0.717, 1.165) is 28.7 Å². The summed E-state index contributed by atoms with van der Waals surface area (Å²) in [4.78, 5) is 22.3. The molecule has 0 saturated carbocycles. The second-order valence-corrected chi connectivity index (χ2v) is 5.11. The molecule has 0 spiro atoms. The van der Waals surface area contributed by atoms with E-state index in [0.29, 0.717) is 0 Å². The summed E-state index contributed by atoms with van der Waals surface area (Å²) in [5.41, 5.74) is 3.82. The van der Waals surface area contributed by atoms with E-state index >= 15 is 0 Å². The van der Waals surface area contributed by atoms with Gasteiger partial charge in [-0.3, -0.25) is 14.9 Å². The van der Waals surface area contributed by atoms with Crippen LogP contribution in [0.5, 0.6) is 0 Å². The highest BCUT2D eigenvalue weighted by Gasteiger charge is 2.28. The Bertz CT molecular complexity index is 704. The number of non-ortho nitro benzene ring substituents is 1. The number of benzene rings is 2. The van der Waals surface area contributed by atoms with Crippen LogP contribution in [0, 0.1) is 16.0 Å². The van der Waals surface area contributed by atoms with Crippen LogP contribution >= 0.6 is 0 Å². The largest absolute Gasteiger partial charge is 0.294 e. The first-order valence-corrected chi connectivity index (χ1v) is 6.49. The molecular weight excluding hydrogens is 254 g/mol. The second-order valence-electron chi connectivity index (χ2n) is 5.11. The molecule has 0 saturated heterocycles. The molecule has 0 radical (unpaired) electrons. The van der Waals surface area contributed by atoms with Crippen molar-refractivity contribution >= 4 is 11.5 Å². The topological polar surface area (TPSA) is 60.2 Å². The third-order valence-corrected chi connectivity index (χ3v) is 3.79. The van der Waals surface area contributed by atoms with E-state index in [-0.39, 0.29) is 17.4 Å². The number of nitro benzene ring substituents is 1. The summed E-state index contributed by atoms with van der Waals surface area (Å²) in [6.45, 7) is 1.93. The smallest absolute Gasteiger partial charge is 0.269 e. The van der Waals surface area contributed by atoms with Gasteiger partial charge in [0.05, 0.1) is 4.92 Å². The van der Waals surface area contributed by atoms with Gasteiger partial charge in [-0.1, -0.05) is 25.1 Å². The predicted octanol–water partition coefficient (Wildman–Crippen LogP) is 3.64. The average molecular weight is 267 g/mol. The molecule has 0 heterocycles. The number of nitro groups is 1. The number of carbonyl (C=O) groups excluding carboxylic acids is 1. The van der Waals surface area contributed by atoms with Crippen molar-refractivity contribution in [3.05, 3.63) is 63.7 Å². The van der Waals surface area contributed by atoms with Crippen LogP contribution in [0.25, 0.3) is 11.1 Å². The van der Waals surface area contributed by atoms with Crippen molar-refractivity contribution in [2.24, 2.45) is 5.92 Å². The van der Waals surface area contributed by atoms with Crippen LogP contribution < -0.4 is 0 Å². The minimum absolute atomic E-state index is 0.0178. The summed E-state index contributed by atoms with van der Waals surface area (Å²) < 4.78 is 0. The number of carbonyl (C=O) groups is 1. The fraction of sp³-hybridized carbons (Fsp3) is 0.188. The molecule has 4 heteroatoms. The maximum Gasteiger partial charge on any atom is 0.269 e. The van der Waals surface area contributed by atoms with Gasteiger partial charge in [0, 0.05) is 23.6 Å². The zero-order valence-electron chi connectivity index (χ0n) is 11.0. The molecular formula is C16H13NO3. The lowest BCUT2D eigenvalue weighted by atomic mass is 9.96. The SMILES string of the molecule is CC1Cc2c(cccc2-c2ccc([N+](=O)[O-])cc2)C1=O. The Kier molecular flexibility index (Phi) is 2.86. The van der Waals surface area contributed by atoms with Crippen LogP contribution in [-0.4, -0.2) is 10.7 Å². The molecule has 0 amide bonds. The van der Waals surface area contributed by atoms with Crippen LogP contribution in [0.1, 0.15) is 22.8 Å². The Hall–Kier alpha value is -2.49. The molecule has 0 aromatic heterocycles. The van der Waals surface area contributed by atoms with Crippen LogP contribution in [0.3, 0.4) is 0 Å². The molecule has 1 unspecified atom stereocenters. The second kappa shape index (κ2) is 4.56. The van der Waals surface area contributed by atoms with E-state index in [2.05, 4.69) is 0 Å². The number of hydrogen-bond donors (Lipinski definition) is 0. The monoisotopic (exact) mass is 267 g/mol. The molecule has 20 heavy (non-hydrogen) atoms. The van der Waals surface area contributed by atoms with E-state index in [1.807, 2.05) is 25.1 Å². The Morgan fingerprint density at radius 1 is 1.10 bits per heavy atom. The third kappa shape index (κ3) is 1.90. The lowest BCUT2D eigenvalue weighted by Crippen LogP contribution is -2.02. The summed E-state index contributed by atoms with van der Waals surface area (Å²) in [7, 11) is 0. The highest BCUT2D eigenvalue weighted by molar-refractivity contribution is 6.03. The van der Waals surface area contributed by atoms with Gasteiger partial charge in [-0.2, -0.15) is 0 Å². The maximum atomic E-state index is 12.0. The lowest BCUT2D eigenvalue weighted by Gasteiger charge is -2.07. The highest BCUT2D eigenvalue weighted by atomic mass is 16.6. The number of Topliss-reactive ketones (excluding diaryl/α,β-unsaturated/α-hetero) is 1. The van der Waals surface area contributed by atoms with Gasteiger partial charge >= 0.3 is 0 Å². The van der Waals surface area contributed by atoms with Crippen LogP contribution in [0.2, 0.25) is 0 Å². The molecule has 2 aromatic rings. The van der Waals surface area contributed by atoms with Crippen LogP contribution in [0.4, 0.5) is 5.69 Å². The fourth-order valence-corrected chi connectivity index (χ4v) is 2.74. The van der Waals surface area contributed by atoms with Crippen LogP contribution in [0.15, 0.2) is 42.5 Å². The molecule has 0 bridgehead atoms. The van der Waals surface area contributed by atoms with E-state index in [9.17, 15) is 14.9 Å². The average Bonchev–Trinajstić information content (AvgIpc) is 2.74. The molecule has 1 aliphatic rings. The third-order valence-electron chi connectivity index (χ3n) is 3.79. The summed E-state index contributed by atoms with van der Waals surface area (Å²) >= 11 is 0. The standard InChI is InChI=1S/C16H13NO3/c1-10-9-15-13(3-2-4-14(15)16(10)18)11-5-7-12(8-6-11)17(19)20/h2-8,10H,9H2,1H3. The van der Waals surface area contributed by atoms with Crippen molar-refractivity contribution in [3.8, 4) is 11.1 Å². The first-order chi connectivity index (χ1) is 9.58. The first-order valence-electron chi connectivity index (χ1n) is 6.49. The van der Waals surface area contributed by atoms with E-state index in [1.54, 1.807) is 12.1 Å². The van der Waals surface area contributed by atoms with E-state index in [4.69, 9.17) is 0 Å². The number of hydrogen-bond acceptors (Lipinski definition) is 3. The van der Waals surface area contributed by atoms with Gasteiger partial charge in [0.2, 0.25) is 0 Å². The van der Waals surface area contributed by atoms with E-state index < -0.39 is 4.92 Å². The lowest BCUT2D eigenvalue weighted by molar-refractivity contribution is -0.384. The molecule has 100 valence electrons. The summed E-state index contributed by atoms with van der Waals surface area (Å²) in [5.74, 6) is 0.202. The number of fused-ring (bicyclic) bond motifs is 1. The predicted molar refractivity (Wildman–Crippen MR) is 75.7 cm³/mol. The minimum Gasteiger partial charge on any atom is -0.294 e. The van der Waals surface area contributed by atoms with Crippen molar-refractivity contribution in [3.63, 3.8) is 0 Å². The molecule has 0 N–H and O–H groups in total. The zero-order chi connectivity index (χ0) is 14.3. The van der Waals surface area contributed by atoms with Crippen molar-refractivity contribution < 1.29 is 9.72 Å². The van der Waals surface area contributed by atoms with Crippen molar-refractivity contribution in [1.29, 1.82) is 0 Å². The van der Waals surface area contributed by atoms with Gasteiger partial charge in [-0.15, -0.1) is 0 Å². The van der Waals surface area contributed by atoms with Gasteiger partial charge in [-0.25, -0.2) is 0 Å². The first kappa shape index (κ1) is 12.5. The Morgan fingerprint density at radius 3 is 2.40 bits per heavy atom. The summed E-state index contributed by atoms with van der Waals surface area (Å²) in [5, 5.41) is 10.7. The summed E-state index contributed by atoms with van der Waals surface area (Å²) in [6.07, 6.45) is 0.737. The maximum absolute atomic E-state index is 12.0. The fourth-order valence-electron chi connectivity index (χ4n) is 2.74. The molecule has 3 rings (SSSR count). The van der Waals surface area contributed by atoms with Crippen LogP contribution in [-0.2, 0) is 6.42 Å². The van der Waals surface area contributed by atoms with Gasteiger partial charge in [0.25, 0.3) is 5.69 Å². The molecule has 4 nitrogen and oxygen atoms in total. The highest BCUT2D eigenvalue weighted by Crippen LogP contribution is 2.35. The van der Waals surface area contributed by atoms with Crippen molar-refractivity contribution in [2.75, 3.05) is 0 Å². The van der Waals surface area contributed by atoms with Crippen molar-refractivity contribution in [2.45, 2.75) is 13.3 Å². The Balaban J connectivity index is 2.08. The molecule has 1 atom stereocenters.